The molecule has 2 N–H and O–H groups in total. The highest BCUT2D eigenvalue weighted by molar-refractivity contribution is 8.13. The third kappa shape index (κ3) is 4.63. The normalized spacial score (nSPS) is 11.3. The zero-order valence-electron chi connectivity index (χ0n) is 12.6. The summed E-state index contributed by atoms with van der Waals surface area (Å²) in [5.41, 5.74) is 9.47. The molecule has 2 aromatic carbocycles. The molecule has 22 heavy (non-hydrogen) atoms. The first-order valence-corrected chi connectivity index (χ1v) is 7.78. The number of amidine groups is 1. The standard InChI is InChI=1S/C17H18N2O2S/c1-12-5-3-8-15(9-12)19-17(18)22-11-13-6-4-7-14(10-13)16(20)21-2/h3-10H,11H2,1-2H3,(H2,18,19). The first-order chi connectivity index (χ1) is 10.6. The smallest absolute Gasteiger partial charge is 0.337 e. The van der Waals surface area contributed by atoms with Crippen LogP contribution in [0.15, 0.2) is 53.5 Å². The number of hydrogen-bond donors (Lipinski definition) is 1. The van der Waals surface area contributed by atoms with Gasteiger partial charge in [-0.05, 0) is 42.3 Å². The summed E-state index contributed by atoms with van der Waals surface area (Å²) in [7, 11) is 1.37. The van der Waals surface area contributed by atoms with E-state index in [1.165, 1.54) is 18.9 Å². The van der Waals surface area contributed by atoms with Crippen LogP contribution in [0.3, 0.4) is 0 Å². The molecule has 0 bridgehead atoms. The van der Waals surface area contributed by atoms with Crippen molar-refractivity contribution >= 4 is 28.6 Å². The van der Waals surface area contributed by atoms with E-state index in [2.05, 4.69) is 4.99 Å². The second kappa shape index (κ2) is 7.66. The van der Waals surface area contributed by atoms with E-state index in [4.69, 9.17) is 10.5 Å². The Morgan fingerprint density at radius 3 is 2.73 bits per heavy atom. The van der Waals surface area contributed by atoms with Crippen LogP contribution in [-0.4, -0.2) is 18.2 Å². The van der Waals surface area contributed by atoms with Gasteiger partial charge >= 0.3 is 5.97 Å². The molecule has 114 valence electrons. The molecule has 0 amide bonds. The van der Waals surface area contributed by atoms with Crippen molar-refractivity contribution in [1.82, 2.24) is 0 Å². The number of carbonyl (C=O) groups excluding carboxylic acids is 1. The minimum Gasteiger partial charge on any atom is -0.465 e. The number of carbonyl (C=O) groups is 1. The maximum Gasteiger partial charge on any atom is 0.337 e. The fourth-order valence-corrected chi connectivity index (χ4v) is 2.58. The summed E-state index contributed by atoms with van der Waals surface area (Å²) in [5.74, 6) is 0.305. The van der Waals surface area contributed by atoms with Gasteiger partial charge in [0, 0.05) is 5.75 Å². The molecule has 0 aliphatic carbocycles. The summed E-state index contributed by atoms with van der Waals surface area (Å²) in [6.07, 6.45) is 0. The summed E-state index contributed by atoms with van der Waals surface area (Å²) in [6.45, 7) is 2.01. The first kappa shape index (κ1) is 16.1. The Morgan fingerprint density at radius 2 is 2.00 bits per heavy atom. The second-order valence-corrected chi connectivity index (χ2v) is 5.77. The van der Waals surface area contributed by atoms with Crippen LogP contribution in [0.4, 0.5) is 5.69 Å². The number of ether oxygens (including phenoxy) is 1. The van der Waals surface area contributed by atoms with Gasteiger partial charge in [0.15, 0.2) is 5.17 Å². The van der Waals surface area contributed by atoms with Gasteiger partial charge in [-0.1, -0.05) is 36.0 Å². The SMILES string of the molecule is COC(=O)c1cccc(CSC(N)=Nc2cccc(C)c2)c1. The lowest BCUT2D eigenvalue weighted by atomic mass is 10.1. The van der Waals surface area contributed by atoms with Crippen LogP contribution in [0.2, 0.25) is 0 Å². The molecule has 0 aromatic heterocycles. The summed E-state index contributed by atoms with van der Waals surface area (Å²) < 4.78 is 4.71. The molecule has 0 spiro atoms. The Hall–Kier alpha value is -2.27. The van der Waals surface area contributed by atoms with Crippen molar-refractivity contribution in [2.45, 2.75) is 12.7 Å². The van der Waals surface area contributed by atoms with E-state index in [9.17, 15) is 4.79 Å². The lowest BCUT2D eigenvalue weighted by Gasteiger charge is -2.04. The molecule has 0 saturated heterocycles. The molecular formula is C17H18N2O2S. The average molecular weight is 314 g/mol. The van der Waals surface area contributed by atoms with Gasteiger partial charge in [-0.15, -0.1) is 0 Å². The number of nitrogens with two attached hydrogens (primary N) is 1. The lowest BCUT2D eigenvalue weighted by Crippen LogP contribution is -2.06. The zero-order valence-corrected chi connectivity index (χ0v) is 13.4. The van der Waals surface area contributed by atoms with Crippen molar-refractivity contribution in [3.05, 3.63) is 65.2 Å². The van der Waals surface area contributed by atoms with Crippen LogP contribution in [0, 0.1) is 6.92 Å². The minimum atomic E-state index is -0.340. The van der Waals surface area contributed by atoms with Crippen molar-refractivity contribution in [2.24, 2.45) is 10.7 Å². The predicted octanol–water partition coefficient (Wildman–Crippen LogP) is 3.66. The van der Waals surface area contributed by atoms with Gasteiger partial charge in [0.2, 0.25) is 0 Å². The van der Waals surface area contributed by atoms with Crippen LogP contribution in [0.25, 0.3) is 0 Å². The molecule has 2 rings (SSSR count). The van der Waals surface area contributed by atoms with E-state index in [0.29, 0.717) is 16.5 Å². The number of nitrogens with zero attached hydrogens (tertiary/aromatic N) is 1. The fraction of sp³-hybridized carbons (Fsp3) is 0.176. The molecule has 0 aliphatic heterocycles. The van der Waals surface area contributed by atoms with Gasteiger partial charge in [0.25, 0.3) is 0 Å². The third-order valence-electron chi connectivity index (χ3n) is 2.98. The maximum absolute atomic E-state index is 11.5. The predicted molar refractivity (Wildman–Crippen MR) is 91.5 cm³/mol. The Balaban J connectivity index is 2.02. The number of thioether (sulfide) groups is 1. The van der Waals surface area contributed by atoms with E-state index in [0.717, 1.165) is 16.8 Å². The highest BCUT2D eigenvalue weighted by Gasteiger charge is 2.06. The van der Waals surface area contributed by atoms with Crippen LogP contribution >= 0.6 is 11.8 Å². The number of aliphatic imine (C=N–C) groups is 1. The molecule has 0 heterocycles. The largest absolute Gasteiger partial charge is 0.465 e. The molecule has 0 unspecified atom stereocenters. The van der Waals surface area contributed by atoms with Gasteiger partial charge in [-0.25, -0.2) is 9.79 Å². The number of esters is 1. The van der Waals surface area contributed by atoms with E-state index in [1.54, 1.807) is 12.1 Å². The molecular weight excluding hydrogens is 296 g/mol. The van der Waals surface area contributed by atoms with Crippen LogP contribution < -0.4 is 5.73 Å². The zero-order chi connectivity index (χ0) is 15.9. The fourth-order valence-electron chi connectivity index (χ4n) is 1.92. The van der Waals surface area contributed by atoms with Crippen molar-refractivity contribution in [2.75, 3.05) is 7.11 Å². The topological polar surface area (TPSA) is 64.7 Å². The molecule has 0 saturated carbocycles. The van der Waals surface area contributed by atoms with E-state index >= 15 is 0 Å². The lowest BCUT2D eigenvalue weighted by molar-refractivity contribution is 0.0600. The summed E-state index contributed by atoms with van der Waals surface area (Å²) in [6, 6.07) is 15.2. The monoisotopic (exact) mass is 314 g/mol. The van der Waals surface area contributed by atoms with E-state index in [1.807, 2.05) is 43.3 Å². The van der Waals surface area contributed by atoms with Crippen LogP contribution in [0.1, 0.15) is 21.5 Å². The number of rotatable bonds is 4. The maximum atomic E-state index is 11.5. The number of methoxy groups -OCH3 is 1. The van der Waals surface area contributed by atoms with Gasteiger partial charge in [-0.2, -0.15) is 0 Å². The van der Waals surface area contributed by atoms with Crippen molar-refractivity contribution in [1.29, 1.82) is 0 Å². The quantitative estimate of drug-likeness (QED) is 0.531. The first-order valence-electron chi connectivity index (χ1n) is 6.79. The minimum absolute atomic E-state index is 0.340. The number of benzene rings is 2. The molecule has 0 fully saturated rings. The molecule has 4 nitrogen and oxygen atoms in total. The summed E-state index contributed by atoms with van der Waals surface area (Å²) in [5, 5.41) is 0.495. The van der Waals surface area contributed by atoms with Crippen molar-refractivity contribution in [3.63, 3.8) is 0 Å². The van der Waals surface area contributed by atoms with Crippen LogP contribution in [0.5, 0.6) is 0 Å². The van der Waals surface area contributed by atoms with Gasteiger partial charge < -0.3 is 10.5 Å². The molecule has 2 aromatic rings. The number of aryl methyl sites for hydroxylation is 1. The van der Waals surface area contributed by atoms with Gasteiger partial charge in [0.05, 0.1) is 18.4 Å². The highest BCUT2D eigenvalue weighted by Crippen LogP contribution is 2.18. The third-order valence-corrected chi connectivity index (χ3v) is 3.84. The molecule has 0 radical (unpaired) electrons. The van der Waals surface area contributed by atoms with E-state index < -0.39 is 0 Å². The van der Waals surface area contributed by atoms with E-state index in [-0.39, 0.29) is 5.97 Å². The summed E-state index contributed by atoms with van der Waals surface area (Å²) in [4.78, 5) is 15.9. The van der Waals surface area contributed by atoms with Crippen molar-refractivity contribution < 1.29 is 9.53 Å². The molecule has 0 aliphatic rings. The van der Waals surface area contributed by atoms with Crippen molar-refractivity contribution in [3.8, 4) is 0 Å². The molecule has 0 atom stereocenters. The average Bonchev–Trinajstić information content (AvgIpc) is 2.52. The van der Waals surface area contributed by atoms with Gasteiger partial charge in [0.1, 0.15) is 0 Å². The molecule has 5 heteroatoms. The highest BCUT2D eigenvalue weighted by atomic mass is 32.2. The second-order valence-electron chi connectivity index (χ2n) is 4.77. The van der Waals surface area contributed by atoms with Gasteiger partial charge in [-0.3, -0.25) is 0 Å². The Kier molecular flexibility index (Phi) is 5.61. The Bertz CT molecular complexity index is 699. The number of hydrogen-bond acceptors (Lipinski definition) is 4. The van der Waals surface area contributed by atoms with Crippen LogP contribution in [-0.2, 0) is 10.5 Å². The Morgan fingerprint density at radius 1 is 1.23 bits per heavy atom. The Labute approximate surface area is 134 Å². The summed E-state index contributed by atoms with van der Waals surface area (Å²) >= 11 is 1.43.